The Balaban J connectivity index is 2.01. The van der Waals surface area contributed by atoms with Crippen LogP contribution in [0.15, 0.2) is 60.7 Å². The Kier molecular flexibility index (Phi) is 3.55. The average Bonchev–Trinajstić information content (AvgIpc) is 2.48. The SMILES string of the molecule is C[C@@H]1CC(=O)O[C@@H](c2ccccc2)[C@H]1c1ccccc1. The number of rotatable bonds is 2. The van der Waals surface area contributed by atoms with Gasteiger partial charge in [0.25, 0.3) is 0 Å². The van der Waals surface area contributed by atoms with Crippen molar-refractivity contribution in [2.75, 3.05) is 0 Å². The van der Waals surface area contributed by atoms with Crippen LogP contribution >= 0.6 is 0 Å². The van der Waals surface area contributed by atoms with Gasteiger partial charge in [-0.2, -0.15) is 0 Å². The molecule has 2 aromatic carbocycles. The van der Waals surface area contributed by atoms with E-state index in [1.165, 1.54) is 5.56 Å². The fourth-order valence-corrected chi connectivity index (χ4v) is 3.05. The maximum Gasteiger partial charge on any atom is 0.306 e. The molecular formula is C18H18O2. The van der Waals surface area contributed by atoms with Crippen LogP contribution in [0.1, 0.15) is 36.5 Å². The monoisotopic (exact) mass is 266 g/mol. The smallest absolute Gasteiger partial charge is 0.306 e. The predicted molar refractivity (Wildman–Crippen MR) is 78.2 cm³/mol. The van der Waals surface area contributed by atoms with E-state index in [2.05, 4.69) is 19.1 Å². The summed E-state index contributed by atoms with van der Waals surface area (Å²) in [7, 11) is 0. The van der Waals surface area contributed by atoms with E-state index < -0.39 is 0 Å². The predicted octanol–water partition coefficient (Wildman–Crippen LogP) is 4.09. The molecule has 2 heteroatoms. The largest absolute Gasteiger partial charge is 0.457 e. The fourth-order valence-electron chi connectivity index (χ4n) is 3.05. The molecule has 0 unspecified atom stereocenters. The molecule has 2 aromatic rings. The molecule has 0 bridgehead atoms. The third kappa shape index (κ3) is 2.46. The highest BCUT2D eigenvalue weighted by Crippen LogP contribution is 2.44. The van der Waals surface area contributed by atoms with Gasteiger partial charge in [0, 0.05) is 12.3 Å². The number of hydrogen-bond donors (Lipinski definition) is 0. The summed E-state index contributed by atoms with van der Waals surface area (Å²) in [5, 5.41) is 0. The summed E-state index contributed by atoms with van der Waals surface area (Å²) in [4.78, 5) is 11.8. The topological polar surface area (TPSA) is 26.3 Å². The van der Waals surface area contributed by atoms with Crippen LogP contribution in [0.3, 0.4) is 0 Å². The zero-order valence-corrected chi connectivity index (χ0v) is 11.5. The highest BCUT2D eigenvalue weighted by molar-refractivity contribution is 5.71. The summed E-state index contributed by atoms with van der Waals surface area (Å²) in [5.41, 5.74) is 2.31. The van der Waals surface area contributed by atoms with E-state index in [1.807, 2.05) is 48.5 Å². The molecule has 1 aliphatic heterocycles. The molecular weight excluding hydrogens is 248 g/mol. The van der Waals surface area contributed by atoms with E-state index in [0.717, 1.165) is 5.56 Å². The van der Waals surface area contributed by atoms with Gasteiger partial charge < -0.3 is 4.74 Å². The summed E-state index contributed by atoms with van der Waals surface area (Å²) in [6, 6.07) is 20.4. The maximum absolute atomic E-state index is 11.8. The lowest BCUT2D eigenvalue weighted by atomic mass is 9.77. The summed E-state index contributed by atoms with van der Waals surface area (Å²) < 4.78 is 5.67. The normalized spacial score (nSPS) is 26.1. The molecule has 0 radical (unpaired) electrons. The Morgan fingerprint density at radius 2 is 1.45 bits per heavy atom. The minimum absolute atomic E-state index is 0.0986. The van der Waals surface area contributed by atoms with E-state index in [-0.39, 0.29) is 23.9 Å². The molecule has 3 atom stereocenters. The number of esters is 1. The minimum atomic E-state index is -0.185. The first-order valence-electron chi connectivity index (χ1n) is 7.05. The van der Waals surface area contributed by atoms with Crippen molar-refractivity contribution in [3.05, 3.63) is 71.8 Å². The van der Waals surface area contributed by atoms with Crippen LogP contribution in [0.4, 0.5) is 0 Å². The molecule has 0 N–H and O–H groups in total. The van der Waals surface area contributed by atoms with Gasteiger partial charge in [0.15, 0.2) is 0 Å². The van der Waals surface area contributed by atoms with Gasteiger partial charge >= 0.3 is 5.97 Å². The standard InChI is InChI=1S/C18H18O2/c1-13-12-16(19)20-18(15-10-6-3-7-11-15)17(13)14-8-4-2-5-9-14/h2-11,13,17-18H,12H2,1H3/t13-,17-,18+/m1/s1. The molecule has 1 fully saturated rings. The van der Waals surface area contributed by atoms with Crippen molar-refractivity contribution in [3.63, 3.8) is 0 Å². The van der Waals surface area contributed by atoms with Gasteiger partial charge in [0.1, 0.15) is 6.10 Å². The van der Waals surface area contributed by atoms with Gasteiger partial charge in [-0.1, -0.05) is 67.6 Å². The lowest BCUT2D eigenvalue weighted by molar-refractivity contribution is -0.159. The van der Waals surface area contributed by atoms with Crippen LogP contribution < -0.4 is 0 Å². The molecule has 0 amide bonds. The summed E-state index contributed by atoms with van der Waals surface area (Å²) in [6.45, 7) is 2.13. The van der Waals surface area contributed by atoms with Crippen LogP contribution in [0.25, 0.3) is 0 Å². The van der Waals surface area contributed by atoms with E-state index in [4.69, 9.17) is 4.74 Å². The summed E-state index contributed by atoms with van der Waals surface area (Å²) in [5.74, 6) is 0.402. The van der Waals surface area contributed by atoms with Crippen molar-refractivity contribution in [1.29, 1.82) is 0 Å². The molecule has 0 spiro atoms. The Morgan fingerprint density at radius 3 is 2.05 bits per heavy atom. The molecule has 20 heavy (non-hydrogen) atoms. The van der Waals surface area contributed by atoms with Crippen molar-refractivity contribution in [1.82, 2.24) is 0 Å². The van der Waals surface area contributed by atoms with Crippen LogP contribution in [-0.2, 0) is 9.53 Å². The first kappa shape index (κ1) is 12.9. The maximum atomic E-state index is 11.8. The van der Waals surface area contributed by atoms with Crippen LogP contribution in [0.2, 0.25) is 0 Å². The van der Waals surface area contributed by atoms with Gasteiger partial charge in [0.2, 0.25) is 0 Å². The second-order valence-electron chi connectivity index (χ2n) is 5.44. The Bertz CT molecular complexity index is 577. The molecule has 1 aliphatic rings. The summed E-state index contributed by atoms with van der Waals surface area (Å²) >= 11 is 0. The fraction of sp³-hybridized carbons (Fsp3) is 0.278. The van der Waals surface area contributed by atoms with E-state index in [9.17, 15) is 4.79 Å². The summed E-state index contributed by atoms with van der Waals surface area (Å²) in [6.07, 6.45) is 0.304. The first-order valence-corrected chi connectivity index (χ1v) is 7.05. The highest BCUT2D eigenvalue weighted by Gasteiger charge is 2.37. The van der Waals surface area contributed by atoms with Crippen molar-refractivity contribution in [2.45, 2.75) is 25.4 Å². The Morgan fingerprint density at radius 1 is 0.900 bits per heavy atom. The van der Waals surface area contributed by atoms with Crippen LogP contribution in [-0.4, -0.2) is 5.97 Å². The molecule has 0 aromatic heterocycles. The first-order chi connectivity index (χ1) is 9.75. The van der Waals surface area contributed by atoms with Crippen LogP contribution in [0.5, 0.6) is 0 Å². The van der Waals surface area contributed by atoms with E-state index >= 15 is 0 Å². The van der Waals surface area contributed by atoms with Crippen LogP contribution in [0, 0.1) is 5.92 Å². The number of carbonyl (C=O) groups is 1. The lowest BCUT2D eigenvalue weighted by Crippen LogP contribution is -2.30. The van der Waals surface area contributed by atoms with E-state index in [1.54, 1.807) is 0 Å². The minimum Gasteiger partial charge on any atom is -0.457 e. The van der Waals surface area contributed by atoms with Crippen molar-refractivity contribution < 1.29 is 9.53 Å². The van der Waals surface area contributed by atoms with E-state index in [0.29, 0.717) is 6.42 Å². The quantitative estimate of drug-likeness (QED) is 0.765. The molecule has 1 heterocycles. The lowest BCUT2D eigenvalue weighted by Gasteiger charge is -2.36. The zero-order valence-electron chi connectivity index (χ0n) is 11.5. The van der Waals surface area contributed by atoms with Gasteiger partial charge in [0.05, 0.1) is 0 Å². The van der Waals surface area contributed by atoms with Crippen molar-refractivity contribution >= 4 is 5.97 Å². The molecule has 102 valence electrons. The highest BCUT2D eigenvalue weighted by atomic mass is 16.5. The number of hydrogen-bond acceptors (Lipinski definition) is 2. The van der Waals surface area contributed by atoms with Gasteiger partial charge in [-0.3, -0.25) is 4.79 Å². The number of carbonyl (C=O) groups excluding carboxylic acids is 1. The van der Waals surface area contributed by atoms with Crippen molar-refractivity contribution in [2.24, 2.45) is 5.92 Å². The van der Waals surface area contributed by atoms with Gasteiger partial charge in [-0.25, -0.2) is 0 Å². The van der Waals surface area contributed by atoms with Gasteiger partial charge in [-0.15, -0.1) is 0 Å². The molecule has 0 saturated carbocycles. The second-order valence-corrected chi connectivity index (χ2v) is 5.44. The third-order valence-corrected chi connectivity index (χ3v) is 4.00. The number of cyclic esters (lactones) is 1. The van der Waals surface area contributed by atoms with Crippen molar-refractivity contribution in [3.8, 4) is 0 Å². The zero-order chi connectivity index (χ0) is 13.9. The Hall–Kier alpha value is -2.09. The molecule has 0 aliphatic carbocycles. The average molecular weight is 266 g/mol. The Labute approximate surface area is 119 Å². The molecule has 3 rings (SSSR count). The third-order valence-electron chi connectivity index (χ3n) is 4.00. The number of ether oxygens (including phenoxy) is 1. The van der Waals surface area contributed by atoms with Gasteiger partial charge in [-0.05, 0) is 17.0 Å². The molecule has 2 nitrogen and oxygen atoms in total. The molecule has 1 saturated heterocycles. The number of benzene rings is 2. The second kappa shape index (κ2) is 5.49.